The van der Waals surface area contributed by atoms with Crippen LogP contribution in [0.15, 0.2) is 30.3 Å². The molecule has 1 unspecified atom stereocenters. The van der Waals surface area contributed by atoms with Crippen molar-refractivity contribution >= 4 is 11.8 Å². The van der Waals surface area contributed by atoms with Gasteiger partial charge in [0.25, 0.3) is 0 Å². The number of carbonyl (C=O) groups is 2. The molecule has 0 aliphatic carbocycles. The third kappa shape index (κ3) is 8.08. The average molecular weight is 336 g/mol. The van der Waals surface area contributed by atoms with Gasteiger partial charge in [-0.1, -0.05) is 30.3 Å². The van der Waals surface area contributed by atoms with E-state index in [4.69, 9.17) is 9.47 Å². The summed E-state index contributed by atoms with van der Waals surface area (Å²) < 4.78 is 10.3. The molecule has 0 saturated heterocycles. The van der Waals surface area contributed by atoms with Crippen LogP contribution in [0.3, 0.4) is 0 Å². The fourth-order valence-electron chi connectivity index (χ4n) is 2.26. The summed E-state index contributed by atoms with van der Waals surface area (Å²) in [6, 6.07) is 9.68. The van der Waals surface area contributed by atoms with Crippen molar-refractivity contribution in [3.8, 4) is 0 Å². The van der Waals surface area contributed by atoms with Crippen LogP contribution in [0.4, 0.5) is 0 Å². The molecule has 0 aliphatic heterocycles. The fraction of sp³-hybridized carbons (Fsp3) is 0.556. The van der Waals surface area contributed by atoms with Gasteiger partial charge in [-0.2, -0.15) is 0 Å². The molecular weight excluding hydrogens is 308 g/mol. The number of nitrogens with zero attached hydrogens (tertiary/aromatic N) is 1. The molecule has 1 aromatic carbocycles. The lowest BCUT2D eigenvalue weighted by Gasteiger charge is -2.25. The number of carbonyl (C=O) groups excluding carboxylic acids is 2. The first-order valence-electron chi connectivity index (χ1n) is 8.29. The van der Waals surface area contributed by atoms with E-state index in [0.717, 1.165) is 5.56 Å². The van der Waals surface area contributed by atoms with Crippen molar-refractivity contribution in [1.82, 2.24) is 10.2 Å². The molecule has 24 heavy (non-hydrogen) atoms. The Morgan fingerprint density at radius 3 is 2.33 bits per heavy atom. The number of benzene rings is 1. The number of rotatable bonds is 11. The van der Waals surface area contributed by atoms with E-state index in [2.05, 4.69) is 5.32 Å². The first kappa shape index (κ1) is 20.1. The number of nitrogens with one attached hydrogen (secondary N) is 1. The van der Waals surface area contributed by atoms with Gasteiger partial charge >= 0.3 is 0 Å². The van der Waals surface area contributed by atoms with E-state index < -0.39 is 0 Å². The van der Waals surface area contributed by atoms with E-state index in [1.807, 2.05) is 44.2 Å². The van der Waals surface area contributed by atoms with Gasteiger partial charge in [0.2, 0.25) is 11.8 Å². The highest BCUT2D eigenvalue weighted by molar-refractivity contribution is 5.78. The quantitative estimate of drug-likeness (QED) is 0.660. The molecule has 0 radical (unpaired) electrons. The molecule has 0 fully saturated rings. The van der Waals surface area contributed by atoms with Gasteiger partial charge in [0, 0.05) is 26.8 Å². The van der Waals surface area contributed by atoms with Crippen LogP contribution in [0, 0.1) is 0 Å². The monoisotopic (exact) mass is 336 g/mol. The first-order valence-corrected chi connectivity index (χ1v) is 8.29. The van der Waals surface area contributed by atoms with Gasteiger partial charge < -0.3 is 19.7 Å². The van der Waals surface area contributed by atoms with Crippen LogP contribution in [0.5, 0.6) is 0 Å². The van der Waals surface area contributed by atoms with Gasteiger partial charge in [-0.3, -0.25) is 9.59 Å². The minimum Gasteiger partial charge on any atom is -0.372 e. The van der Waals surface area contributed by atoms with Crippen molar-refractivity contribution in [3.05, 3.63) is 35.9 Å². The van der Waals surface area contributed by atoms with Crippen LogP contribution in [-0.4, -0.2) is 62.8 Å². The Hall–Kier alpha value is -1.92. The molecule has 0 bridgehead atoms. The average Bonchev–Trinajstić information content (AvgIpc) is 2.58. The second-order valence-corrected chi connectivity index (χ2v) is 5.50. The van der Waals surface area contributed by atoms with Crippen LogP contribution in [0.2, 0.25) is 0 Å². The second-order valence-electron chi connectivity index (χ2n) is 5.50. The van der Waals surface area contributed by atoms with Gasteiger partial charge in [0.15, 0.2) is 0 Å². The number of ether oxygens (including phenoxy) is 2. The lowest BCUT2D eigenvalue weighted by Crippen LogP contribution is -2.47. The predicted octanol–water partition coefficient (Wildman–Crippen LogP) is 1.25. The first-order chi connectivity index (χ1) is 11.6. The molecule has 0 spiro atoms. The van der Waals surface area contributed by atoms with Crippen LogP contribution in [-0.2, 0) is 25.5 Å². The zero-order valence-electron chi connectivity index (χ0n) is 14.8. The molecule has 0 saturated carbocycles. The highest BCUT2D eigenvalue weighted by Crippen LogP contribution is 2.05. The Bertz CT molecular complexity index is 493. The molecule has 1 rings (SSSR count). The Morgan fingerprint density at radius 2 is 1.71 bits per heavy atom. The molecule has 0 aliphatic rings. The Morgan fingerprint density at radius 1 is 1.08 bits per heavy atom. The lowest BCUT2D eigenvalue weighted by atomic mass is 10.1. The molecule has 134 valence electrons. The minimum absolute atomic E-state index is 0.0262. The molecule has 6 nitrogen and oxygen atoms in total. The Labute approximate surface area is 144 Å². The molecule has 0 heterocycles. The van der Waals surface area contributed by atoms with Crippen LogP contribution >= 0.6 is 0 Å². The van der Waals surface area contributed by atoms with E-state index in [0.29, 0.717) is 26.2 Å². The van der Waals surface area contributed by atoms with E-state index >= 15 is 0 Å². The predicted molar refractivity (Wildman–Crippen MR) is 92.7 cm³/mol. The van der Waals surface area contributed by atoms with Crippen LogP contribution in [0.25, 0.3) is 0 Å². The maximum Gasteiger partial charge on any atom is 0.248 e. The van der Waals surface area contributed by atoms with Crippen molar-refractivity contribution in [2.45, 2.75) is 26.3 Å². The second kappa shape index (κ2) is 11.6. The van der Waals surface area contributed by atoms with Crippen molar-refractivity contribution in [2.24, 2.45) is 0 Å². The number of hydrogen-bond acceptors (Lipinski definition) is 4. The van der Waals surface area contributed by atoms with Crippen molar-refractivity contribution in [3.63, 3.8) is 0 Å². The SMILES string of the molecule is CCOCC(=O)NC(Cc1ccccc1)CN(C)C(=O)COCC. The fourth-order valence-corrected chi connectivity index (χ4v) is 2.26. The maximum atomic E-state index is 12.0. The summed E-state index contributed by atoms with van der Waals surface area (Å²) >= 11 is 0. The van der Waals surface area contributed by atoms with Gasteiger partial charge in [-0.25, -0.2) is 0 Å². The summed E-state index contributed by atoms with van der Waals surface area (Å²) in [7, 11) is 1.72. The van der Waals surface area contributed by atoms with E-state index in [1.54, 1.807) is 11.9 Å². The molecular formula is C18H28N2O4. The minimum atomic E-state index is -0.184. The van der Waals surface area contributed by atoms with Gasteiger partial charge in [-0.15, -0.1) is 0 Å². The number of likely N-dealkylation sites (N-methyl/N-ethyl adjacent to an activating group) is 1. The largest absolute Gasteiger partial charge is 0.372 e. The van der Waals surface area contributed by atoms with E-state index in [9.17, 15) is 9.59 Å². The van der Waals surface area contributed by atoms with Gasteiger partial charge in [0.05, 0.1) is 6.04 Å². The highest BCUT2D eigenvalue weighted by atomic mass is 16.5. The van der Waals surface area contributed by atoms with Crippen molar-refractivity contribution in [2.75, 3.05) is 40.0 Å². The Kier molecular flexibility index (Phi) is 9.72. The van der Waals surface area contributed by atoms with Gasteiger partial charge in [0.1, 0.15) is 13.2 Å². The molecule has 1 aromatic rings. The van der Waals surface area contributed by atoms with Crippen LogP contribution < -0.4 is 5.32 Å². The standard InChI is InChI=1S/C18H28N2O4/c1-4-23-13-17(21)19-16(11-15-9-7-6-8-10-15)12-20(3)18(22)14-24-5-2/h6-10,16H,4-5,11-14H2,1-3H3,(H,19,21). The van der Waals surface area contributed by atoms with E-state index in [-0.39, 0.29) is 31.1 Å². The third-order valence-corrected chi connectivity index (χ3v) is 3.48. The smallest absolute Gasteiger partial charge is 0.248 e. The normalized spacial score (nSPS) is 11.8. The molecule has 1 atom stereocenters. The molecule has 0 aromatic heterocycles. The topological polar surface area (TPSA) is 67.9 Å². The zero-order valence-corrected chi connectivity index (χ0v) is 14.8. The third-order valence-electron chi connectivity index (χ3n) is 3.48. The summed E-state index contributed by atoms with van der Waals surface area (Å²) in [4.78, 5) is 25.6. The Balaban J connectivity index is 2.65. The van der Waals surface area contributed by atoms with Gasteiger partial charge in [-0.05, 0) is 25.8 Å². The van der Waals surface area contributed by atoms with E-state index in [1.165, 1.54) is 0 Å². The summed E-state index contributed by atoms with van der Waals surface area (Å²) in [6.07, 6.45) is 0.644. The molecule has 1 N–H and O–H groups in total. The number of amides is 2. The molecule has 6 heteroatoms. The summed E-state index contributed by atoms with van der Waals surface area (Å²) in [5.74, 6) is -0.280. The summed E-state index contributed by atoms with van der Waals surface area (Å²) in [5.41, 5.74) is 1.10. The highest BCUT2D eigenvalue weighted by Gasteiger charge is 2.18. The lowest BCUT2D eigenvalue weighted by molar-refractivity contribution is -0.135. The van der Waals surface area contributed by atoms with Crippen LogP contribution in [0.1, 0.15) is 19.4 Å². The maximum absolute atomic E-state index is 12.0. The zero-order chi connectivity index (χ0) is 17.8. The van der Waals surface area contributed by atoms with Crippen molar-refractivity contribution < 1.29 is 19.1 Å². The molecule has 2 amide bonds. The summed E-state index contributed by atoms with van der Waals surface area (Å²) in [6.45, 7) is 5.17. The number of hydrogen-bond donors (Lipinski definition) is 1. The van der Waals surface area contributed by atoms with Crippen molar-refractivity contribution in [1.29, 1.82) is 0 Å². The summed E-state index contributed by atoms with van der Waals surface area (Å²) in [5, 5.41) is 2.94.